The van der Waals surface area contributed by atoms with Gasteiger partial charge in [-0.05, 0) is 6.92 Å². The van der Waals surface area contributed by atoms with Gasteiger partial charge < -0.3 is 5.32 Å². The minimum atomic E-state index is 0. The number of hydrogen-bond acceptors (Lipinski definition) is 3. The maximum atomic E-state index is 4.48. The highest BCUT2D eigenvalue weighted by Crippen LogP contribution is 2.24. The van der Waals surface area contributed by atoms with Gasteiger partial charge in [0.15, 0.2) is 5.13 Å². The van der Waals surface area contributed by atoms with E-state index in [2.05, 4.69) is 34.7 Å². The van der Waals surface area contributed by atoms with E-state index in [1.807, 2.05) is 18.2 Å². The van der Waals surface area contributed by atoms with Crippen LogP contribution in [0.4, 0.5) is 5.13 Å². The van der Waals surface area contributed by atoms with Crippen molar-refractivity contribution < 1.29 is 0 Å². The standard InChI is InChI=1S/C11H12N2S.BrH/c1-2-12-11-13-10(8-14-11)9-6-4-3-5-7-9;/h3-8H,2H2,1H3,(H,12,13);1H. The molecule has 0 radical (unpaired) electrons. The Morgan fingerprint density at radius 2 is 2.00 bits per heavy atom. The Hall–Kier alpha value is -0.870. The van der Waals surface area contributed by atoms with Gasteiger partial charge in [0.1, 0.15) is 0 Å². The summed E-state index contributed by atoms with van der Waals surface area (Å²) in [5.41, 5.74) is 2.22. The number of nitrogens with one attached hydrogen (secondary N) is 1. The number of rotatable bonds is 3. The lowest BCUT2D eigenvalue weighted by molar-refractivity contribution is 1.19. The van der Waals surface area contributed by atoms with Crippen LogP contribution in [0.15, 0.2) is 35.7 Å². The summed E-state index contributed by atoms with van der Waals surface area (Å²) in [6.45, 7) is 2.99. The quantitative estimate of drug-likeness (QED) is 0.927. The van der Waals surface area contributed by atoms with Gasteiger partial charge in [-0.15, -0.1) is 28.3 Å². The largest absolute Gasteiger partial charge is 0.362 e. The third-order valence-electron chi connectivity index (χ3n) is 1.90. The molecule has 0 bridgehead atoms. The van der Waals surface area contributed by atoms with Gasteiger partial charge >= 0.3 is 0 Å². The normalized spacial score (nSPS) is 9.40. The number of aromatic nitrogens is 1. The molecule has 0 saturated carbocycles. The zero-order chi connectivity index (χ0) is 9.80. The van der Waals surface area contributed by atoms with E-state index < -0.39 is 0 Å². The Balaban J connectivity index is 0.00000112. The molecule has 1 heterocycles. The van der Waals surface area contributed by atoms with Gasteiger partial charge in [-0.25, -0.2) is 4.98 Å². The van der Waals surface area contributed by atoms with Crippen molar-refractivity contribution in [1.82, 2.24) is 4.98 Å². The van der Waals surface area contributed by atoms with Crippen LogP contribution in [-0.4, -0.2) is 11.5 Å². The van der Waals surface area contributed by atoms with Gasteiger partial charge in [0.2, 0.25) is 0 Å². The van der Waals surface area contributed by atoms with Crippen LogP contribution < -0.4 is 5.32 Å². The topological polar surface area (TPSA) is 24.9 Å². The molecular formula is C11H13BrN2S. The van der Waals surface area contributed by atoms with Gasteiger partial charge in [0.05, 0.1) is 5.69 Å². The minimum Gasteiger partial charge on any atom is -0.362 e. The van der Waals surface area contributed by atoms with Crippen molar-refractivity contribution in [1.29, 1.82) is 0 Å². The first kappa shape index (κ1) is 12.2. The van der Waals surface area contributed by atoms with Crippen molar-refractivity contribution >= 4 is 33.4 Å². The Labute approximate surface area is 104 Å². The highest BCUT2D eigenvalue weighted by Gasteiger charge is 2.01. The molecule has 2 rings (SSSR count). The molecule has 80 valence electrons. The predicted octanol–water partition coefficient (Wildman–Crippen LogP) is 3.82. The van der Waals surface area contributed by atoms with Crippen molar-refractivity contribution in [3.63, 3.8) is 0 Å². The van der Waals surface area contributed by atoms with Gasteiger partial charge in [0.25, 0.3) is 0 Å². The van der Waals surface area contributed by atoms with Gasteiger partial charge in [0, 0.05) is 17.5 Å². The van der Waals surface area contributed by atoms with E-state index in [4.69, 9.17) is 0 Å². The van der Waals surface area contributed by atoms with E-state index in [1.165, 1.54) is 5.56 Å². The highest BCUT2D eigenvalue weighted by molar-refractivity contribution is 8.93. The van der Waals surface area contributed by atoms with E-state index in [-0.39, 0.29) is 17.0 Å². The van der Waals surface area contributed by atoms with E-state index in [1.54, 1.807) is 11.3 Å². The number of benzene rings is 1. The number of nitrogens with zero attached hydrogens (tertiary/aromatic N) is 1. The van der Waals surface area contributed by atoms with Gasteiger partial charge in [-0.1, -0.05) is 30.3 Å². The number of hydrogen-bond donors (Lipinski definition) is 1. The van der Waals surface area contributed by atoms with E-state index in [0.717, 1.165) is 17.4 Å². The lowest BCUT2D eigenvalue weighted by atomic mass is 10.2. The third-order valence-corrected chi connectivity index (χ3v) is 2.70. The van der Waals surface area contributed by atoms with Crippen LogP contribution >= 0.6 is 28.3 Å². The molecule has 1 N–H and O–H groups in total. The average molecular weight is 285 g/mol. The van der Waals surface area contributed by atoms with Gasteiger partial charge in [-0.3, -0.25) is 0 Å². The number of thiazole rings is 1. The fourth-order valence-corrected chi connectivity index (χ4v) is 2.04. The van der Waals surface area contributed by atoms with Crippen LogP contribution in [0.3, 0.4) is 0 Å². The minimum absolute atomic E-state index is 0. The molecular weight excluding hydrogens is 272 g/mol. The van der Waals surface area contributed by atoms with Crippen LogP contribution in [0.2, 0.25) is 0 Å². The Kier molecular flexibility index (Phi) is 4.78. The second-order valence-corrected chi connectivity index (χ2v) is 3.79. The second kappa shape index (κ2) is 5.88. The summed E-state index contributed by atoms with van der Waals surface area (Å²) in [6, 6.07) is 10.2. The summed E-state index contributed by atoms with van der Waals surface area (Å²) in [5.74, 6) is 0. The first-order valence-corrected chi connectivity index (χ1v) is 5.53. The van der Waals surface area contributed by atoms with E-state index >= 15 is 0 Å². The molecule has 0 unspecified atom stereocenters. The maximum Gasteiger partial charge on any atom is 0.183 e. The first-order valence-electron chi connectivity index (χ1n) is 4.65. The first-order chi connectivity index (χ1) is 6.90. The fourth-order valence-electron chi connectivity index (χ4n) is 1.25. The maximum absolute atomic E-state index is 4.48. The molecule has 0 atom stereocenters. The van der Waals surface area contributed by atoms with Crippen LogP contribution in [0.5, 0.6) is 0 Å². The van der Waals surface area contributed by atoms with Crippen LogP contribution in [0.1, 0.15) is 6.92 Å². The van der Waals surface area contributed by atoms with Crippen molar-refractivity contribution in [2.45, 2.75) is 6.92 Å². The summed E-state index contributed by atoms with van der Waals surface area (Å²) in [6.07, 6.45) is 0. The summed E-state index contributed by atoms with van der Waals surface area (Å²) >= 11 is 1.65. The zero-order valence-corrected chi connectivity index (χ0v) is 11.0. The second-order valence-electron chi connectivity index (χ2n) is 2.93. The molecule has 0 aliphatic carbocycles. The SMILES string of the molecule is Br.CCNc1nc(-c2ccccc2)cs1. The van der Waals surface area contributed by atoms with Crippen molar-refractivity contribution in [2.75, 3.05) is 11.9 Å². The zero-order valence-electron chi connectivity index (χ0n) is 8.43. The summed E-state index contributed by atoms with van der Waals surface area (Å²) in [4.78, 5) is 4.48. The number of anilines is 1. The smallest absolute Gasteiger partial charge is 0.183 e. The molecule has 0 aliphatic rings. The molecule has 2 nitrogen and oxygen atoms in total. The Morgan fingerprint density at radius 1 is 1.27 bits per heavy atom. The predicted molar refractivity (Wildman–Crippen MR) is 72.0 cm³/mol. The molecule has 2 aromatic rings. The fraction of sp³-hybridized carbons (Fsp3) is 0.182. The summed E-state index contributed by atoms with van der Waals surface area (Å²) < 4.78 is 0. The van der Waals surface area contributed by atoms with Crippen LogP contribution in [-0.2, 0) is 0 Å². The van der Waals surface area contributed by atoms with E-state index in [9.17, 15) is 0 Å². The molecule has 0 amide bonds. The lowest BCUT2D eigenvalue weighted by Crippen LogP contribution is -1.94. The molecule has 0 fully saturated rings. The third kappa shape index (κ3) is 3.04. The van der Waals surface area contributed by atoms with Crippen molar-refractivity contribution in [3.05, 3.63) is 35.7 Å². The summed E-state index contributed by atoms with van der Waals surface area (Å²) in [5, 5.41) is 6.27. The van der Waals surface area contributed by atoms with Gasteiger partial charge in [-0.2, -0.15) is 0 Å². The van der Waals surface area contributed by atoms with Crippen molar-refractivity contribution in [3.8, 4) is 11.3 Å². The number of halogens is 1. The van der Waals surface area contributed by atoms with Crippen LogP contribution in [0, 0.1) is 0 Å². The Bertz CT molecular complexity index is 400. The molecule has 0 saturated heterocycles. The Morgan fingerprint density at radius 3 is 2.67 bits per heavy atom. The summed E-state index contributed by atoms with van der Waals surface area (Å²) in [7, 11) is 0. The average Bonchev–Trinajstić information content (AvgIpc) is 2.68. The molecule has 4 heteroatoms. The molecule has 0 aliphatic heterocycles. The van der Waals surface area contributed by atoms with E-state index in [0.29, 0.717) is 0 Å². The molecule has 15 heavy (non-hydrogen) atoms. The lowest BCUT2D eigenvalue weighted by Gasteiger charge is -1.95. The highest BCUT2D eigenvalue weighted by atomic mass is 79.9. The molecule has 0 spiro atoms. The monoisotopic (exact) mass is 284 g/mol. The molecule has 1 aromatic heterocycles. The molecule has 1 aromatic carbocycles. The van der Waals surface area contributed by atoms with Crippen molar-refractivity contribution in [2.24, 2.45) is 0 Å². The van der Waals surface area contributed by atoms with Crippen LogP contribution in [0.25, 0.3) is 11.3 Å².